The summed E-state index contributed by atoms with van der Waals surface area (Å²) in [6, 6.07) is 1.52. The number of nitrogens with one attached hydrogen (secondary N) is 1. The smallest absolute Gasteiger partial charge is 0.312 e. The standard InChI is InChI=1S/C13H19BrN4O2/c1-2-17(9-10-3-5-15-6-4-10)13-12(18(19)20)7-11(14)8-16-13/h7-8,10,15H,2-6,9H2,1H3. The third-order valence-electron chi connectivity index (χ3n) is 3.63. The van der Waals surface area contributed by atoms with Crippen LogP contribution in [0.15, 0.2) is 16.7 Å². The van der Waals surface area contributed by atoms with Crippen molar-refractivity contribution in [3.63, 3.8) is 0 Å². The Kier molecular flexibility index (Phi) is 5.31. The number of pyridine rings is 1. The highest BCUT2D eigenvalue weighted by molar-refractivity contribution is 9.10. The summed E-state index contributed by atoms with van der Waals surface area (Å²) in [5.41, 5.74) is 0.0650. The molecule has 110 valence electrons. The van der Waals surface area contributed by atoms with Crippen molar-refractivity contribution in [3.8, 4) is 0 Å². The van der Waals surface area contributed by atoms with E-state index in [1.54, 1.807) is 6.20 Å². The van der Waals surface area contributed by atoms with Crippen LogP contribution in [0.5, 0.6) is 0 Å². The fourth-order valence-electron chi connectivity index (χ4n) is 2.54. The minimum absolute atomic E-state index is 0.0650. The molecule has 20 heavy (non-hydrogen) atoms. The average molecular weight is 343 g/mol. The summed E-state index contributed by atoms with van der Waals surface area (Å²) in [4.78, 5) is 17.1. The summed E-state index contributed by atoms with van der Waals surface area (Å²) < 4.78 is 0.630. The zero-order valence-corrected chi connectivity index (χ0v) is 13.1. The highest BCUT2D eigenvalue weighted by atomic mass is 79.9. The Hall–Kier alpha value is -1.21. The van der Waals surface area contributed by atoms with Crippen LogP contribution in [-0.2, 0) is 0 Å². The molecule has 1 aliphatic heterocycles. The van der Waals surface area contributed by atoms with Crippen LogP contribution in [0.4, 0.5) is 11.5 Å². The maximum atomic E-state index is 11.2. The van der Waals surface area contributed by atoms with E-state index in [9.17, 15) is 10.1 Å². The number of hydrogen-bond acceptors (Lipinski definition) is 5. The highest BCUT2D eigenvalue weighted by Gasteiger charge is 2.24. The number of nitrogens with zero attached hydrogens (tertiary/aromatic N) is 3. The molecule has 1 aromatic rings. The number of rotatable bonds is 5. The van der Waals surface area contributed by atoms with E-state index in [-0.39, 0.29) is 10.6 Å². The Balaban J connectivity index is 2.19. The maximum absolute atomic E-state index is 11.2. The lowest BCUT2D eigenvalue weighted by molar-refractivity contribution is -0.384. The van der Waals surface area contributed by atoms with Crippen LogP contribution in [0, 0.1) is 16.0 Å². The van der Waals surface area contributed by atoms with Crippen LogP contribution in [0.2, 0.25) is 0 Å². The first-order valence-corrected chi connectivity index (χ1v) is 7.66. The Morgan fingerprint density at radius 2 is 2.25 bits per heavy atom. The Morgan fingerprint density at radius 3 is 2.85 bits per heavy atom. The van der Waals surface area contributed by atoms with Crippen molar-refractivity contribution in [2.45, 2.75) is 19.8 Å². The van der Waals surface area contributed by atoms with Gasteiger partial charge in [-0.3, -0.25) is 10.1 Å². The van der Waals surface area contributed by atoms with Crippen LogP contribution in [-0.4, -0.2) is 36.1 Å². The van der Waals surface area contributed by atoms with Crippen LogP contribution in [0.3, 0.4) is 0 Å². The van der Waals surface area contributed by atoms with Gasteiger partial charge in [0.25, 0.3) is 0 Å². The van der Waals surface area contributed by atoms with Crippen molar-refractivity contribution in [1.82, 2.24) is 10.3 Å². The predicted octanol–water partition coefficient (Wildman–Crippen LogP) is 2.58. The van der Waals surface area contributed by atoms with Gasteiger partial charge in [0.15, 0.2) is 0 Å². The van der Waals surface area contributed by atoms with E-state index >= 15 is 0 Å². The van der Waals surface area contributed by atoms with Gasteiger partial charge in [0.2, 0.25) is 5.82 Å². The van der Waals surface area contributed by atoms with Crippen molar-refractivity contribution >= 4 is 27.4 Å². The van der Waals surface area contributed by atoms with Gasteiger partial charge in [0.1, 0.15) is 0 Å². The Labute approximate surface area is 126 Å². The fraction of sp³-hybridized carbons (Fsp3) is 0.615. The molecular formula is C13H19BrN4O2. The van der Waals surface area contributed by atoms with Gasteiger partial charge in [-0.25, -0.2) is 4.98 Å². The van der Waals surface area contributed by atoms with Crippen molar-refractivity contribution in [3.05, 3.63) is 26.9 Å². The first-order valence-electron chi connectivity index (χ1n) is 6.87. The van der Waals surface area contributed by atoms with Crippen LogP contribution >= 0.6 is 15.9 Å². The molecule has 0 unspecified atom stereocenters. The van der Waals surface area contributed by atoms with E-state index in [2.05, 4.69) is 26.2 Å². The molecule has 1 saturated heterocycles. The van der Waals surface area contributed by atoms with Gasteiger partial charge in [0, 0.05) is 29.8 Å². The van der Waals surface area contributed by atoms with Crippen LogP contribution in [0.25, 0.3) is 0 Å². The van der Waals surface area contributed by atoms with Crippen molar-refractivity contribution in [2.75, 3.05) is 31.1 Å². The molecule has 1 aliphatic rings. The first-order chi connectivity index (χ1) is 9.61. The number of nitro groups is 1. The zero-order chi connectivity index (χ0) is 14.5. The molecule has 2 heterocycles. The van der Waals surface area contributed by atoms with E-state index in [0.717, 1.165) is 39.0 Å². The molecule has 0 radical (unpaired) electrons. The number of hydrogen-bond donors (Lipinski definition) is 1. The van der Waals surface area contributed by atoms with Gasteiger partial charge >= 0.3 is 5.69 Å². The molecule has 2 rings (SSSR count). The topological polar surface area (TPSA) is 71.3 Å². The van der Waals surface area contributed by atoms with E-state index in [0.29, 0.717) is 16.2 Å². The molecule has 7 heteroatoms. The Morgan fingerprint density at radius 1 is 1.55 bits per heavy atom. The second-order valence-corrected chi connectivity index (χ2v) is 5.90. The molecule has 6 nitrogen and oxygen atoms in total. The molecule has 0 aromatic carbocycles. The van der Waals surface area contributed by atoms with Gasteiger partial charge in [-0.05, 0) is 54.7 Å². The molecule has 1 fully saturated rings. The van der Waals surface area contributed by atoms with Gasteiger partial charge in [0.05, 0.1) is 4.92 Å². The molecule has 0 aliphatic carbocycles. The third-order valence-corrected chi connectivity index (χ3v) is 4.06. The lowest BCUT2D eigenvalue weighted by Gasteiger charge is -2.29. The minimum Gasteiger partial charge on any atom is -0.351 e. The lowest BCUT2D eigenvalue weighted by atomic mass is 9.97. The second-order valence-electron chi connectivity index (χ2n) is 4.99. The SMILES string of the molecule is CCN(CC1CCNCC1)c1ncc(Br)cc1[N+](=O)[O-]. The van der Waals surface area contributed by atoms with Crippen molar-refractivity contribution in [1.29, 1.82) is 0 Å². The van der Waals surface area contributed by atoms with Crippen molar-refractivity contribution in [2.24, 2.45) is 5.92 Å². The molecule has 1 aromatic heterocycles. The molecule has 0 amide bonds. The number of aromatic nitrogens is 1. The molecule has 0 spiro atoms. The molecule has 0 atom stereocenters. The van der Waals surface area contributed by atoms with E-state index < -0.39 is 0 Å². The van der Waals surface area contributed by atoms with Gasteiger partial charge in [-0.15, -0.1) is 0 Å². The van der Waals surface area contributed by atoms with Gasteiger partial charge in [-0.1, -0.05) is 0 Å². The summed E-state index contributed by atoms with van der Waals surface area (Å²) in [5, 5.41) is 14.5. The summed E-state index contributed by atoms with van der Waals surface area (Å²) in [6.07, 6.45) is 3.84. The zero-order valence-electron chi connectivity index (χ0n) is 11.5. The first kappa shape index (κ1) is 15.2. The third kappa shape index (κ3) is 3.67. The lowest BCUT2D eigenvalue weighted by Crippen LogP contribution is -2.36. The van der Waals surface area contributed by atoms with Gasteiger partial charge < -0.3 is 10.2 Å². The van der Waals surface area contributed by atoms with E-state index in [1.165, 1.54) is 6.07 Å². The monoisotopic (exact) mass is 342 g/mol. The largest absolute Gasteiger partial charge is 0.351 e. The summed E-state index contributed by atoms with van der Waals surface area (Å²) in [5.74, 6) is 1.04. The van der Waals surface area contributed by atoms with Crippen molar-refractivity contribution < 1.29 is 4.92 Å². The summed E-state index contributed by atoms with van der Waals surface area (Å²) in [7, 11) is 0. The van der Waals surface area contributed by atoms with E-state index in [1.807, 2.05) is 11.8 Å². The van der Waals surface area contributed by atoms with Gasteiger partial charge in [-0.2, -0.15) is 0 Å². The van der Waals surface area contributed by atoms with Crippen LogP contribution < -0.4 is 10.2 Å². The molecular weight excluding hydrogens is 324 g/mol. The molecule has 0 saturated carbocycles. The second kappa shape index (κ2) is 6.99. The minimum atomic E-state index is -0.363. The quantitative estimate of drug-likeness (QED) is 0.657. The Bertz CT molecular complexity index is 477. The number of anilines is 1. The number of halogens is 1. The fourth-order valence-corrected chi connectivity index (χ4v) is 2.86. The molecule has 0 bridgehead atoms. The number of piperidine rings is 1. The summed E-state index contributed by atoms with van der Waals surface area (Å²) >= 11 is 3.24. The highest BCUT2D eigenvalue weighted by Crippen LogP contribution is 2.29. The normalized spacial score (nSPS) is 16.1. The van der Waals surface area contributed by atoms with E-state index in [4.69, 9.17) is 0 Å². The molecule has 1 N–H and O–H groups in total. The summed E-state index contributed by atoms with van der Waals surface area (Å²) in [6.45, 7) is 5.61. The van der Waals surface area contributed by atoms with Crippen LogP contribution in [0.1, 0.15) is 19.8 Å². The maximum Gasteiger partial charge on any atom is 0.312 e. The predicted molar refractivity (Wildman–Crippen MR) is 82.1 cm³/mol. The average Bonchev–Trinajstić information content (AvgIpc) is 2.46.